The first-order valence-corrected chi connectivity index (χ1v) is 3.17. The summed E-state index contributed by atoms with van der Waals surface area (Å²) in [6.07, 6.45) is 2.39. The van der Waals surface area contributed by atoms with Gasteiger partial charge < -0.3 is 0 Å². The first-order valence-electron chi connectivity index (χ1n) is 3.17. The predicted octanol–water partition coefficient (Wildman–Crippen LogP) is 1.52. The third-order valence-corrected chi connectivity index (χ3v) is 1.10. The van der Waals surface area contributed by atoms with E-state index < -0.39 is 0 Å². The molecule has 0 aromatic heterocycles. The van der Waals surface area contributed by atoms with Crippen LogP contribution in [-0.4, -0.2) is 13.5 Å². The molecule has 46 valence electrons. The molecule has 0 aliphatic rings. The molecular formula is C7H15B. The molecule has 0 spiro atoms. The molecule has 0 aromatic rings. The van der Waals surface area contributed by atoms with Crippen molar-refractivity contribution in [1.82, 2.24) is 0 Å². The van der Waals surface area contributed by atoms with Gasteiger partial charge in [-0.25, -0.2) is 0 Å². The number of hydrogen-bond donors (Lipinski definition) is 0. The standard InChI is InChI=1S/C7H15B/c1-7(2,3)5-4-6-8/h6,8H,4-5H2,1-3H3. The van der Waals surface area contributed by atoms with Crippen LogP contribution in [0.5, 0.6) is 0 Å². The van der Waals surface area contributed by atoms with Crippen molar-refractivity contribution in [3.8, 4) is 0 Å². The van der Waals surface area contributed by atoms with Crippen molar-refractivity contribution in [3.05, 3.63) is 0 Å². The SMILES string of the molecule is B=CCCC(C)(C)C. The molecule has 1 heteroatoms. The maximum absolute atomic E-state index is 3.66. The van der Waals surface area contributed by atoms with Gasteiger partial charge in [-0.05, 0) is 0 Å². The van der Waals surface area contributed by atoms with Crippen LogP contribution in [0.3, 0.4) is 0 Å². The van der Waals surface area contributed by atoms with E-state index in [0.29, 0.717) is 5.41 Å². The van der Waals surface area contributed by atoms with Crippen LogP contribution < -0.4 is 0 Å². The fourth-order valence-corrected chi connectivity index (χ4v) is 0.535. The molecule has 0 saturated carbocycles. The van der Waals surface area contributed by atoms with E-state index >= 15 is 0 Å². The summed E-state index contributed by atoms with van der Waals surface area (Å²) in [5.41, 5.74) is 0.480. The fourth-order valence-electron chi connectivity index (χ4n) is 0.535. The summed E-state index contributed by atoms with van der Waals surface area (Å²) in [4.78, 5) is 0. The Bertz CT molecular complexity index is 68.9. The van der Waals surface area contributed by atoms with E-state index in [0.717, 1.165) is 6.42 Å². The van der Waals surface area contributed by atoms with E-state index in [2.05, 4.69) is 28.3 Å². The van der Waals surface area contributed by atoms with Gasteiger partial charge in [0, 0.05) is 0 Å². The molecular weight excluding hydrogens is 94.9 g/mol. The van der Waals surface area contributed by atoms with Crippen LogP contribution in [0.1, 0.15) is 33.6 Å². The van der Waals surface area contributed by atoms with Crippen molar-refractivity contribution < 1.29 is 0 Å². The van der Waals surface area contributed by atoms with Gasteiger partial charge in [0.05, 0.1) is 0 Å². The van der Waals surface area contributed by atoms with Crippen LogP contribution >= 0.6 is 0 Å². The predicted molar refractivity (Wildman–Crippen MR) is 41.9 cm³/mol. The molecule has 0 N–H and O–H groups in total. The van der Waals surface area contributed by atoms with Gasteiger partial charge in [-0.1, -0.05) is 0 Å². The van der Waals surface area contributed by atoms with E-state index in [-0.39, 0.29) is 0 Å². The number of rotatable bonds is 2. The van der Waals surface area contributed by atoms with Gasteiger partial charge in [-0.15, -0.1) is 0 Å². The first kappa shape index (κ1) is 7.93. The van der Waals surface area contributed by atoms with Gasteiger partial charge in [0.2, 0.25) is 0 Å². The van der Waals surface area contributed by atoms with Gasteiger partial charge in [0.1, 0.15) is 0 Å². The van der Waals surface area contributed by atoms with Crippen molar-refractivity contribution in [1.29, 1.82) is 0 Å². The molecule has 8 heavy (non-hydrogen) atoms. The van der Waals surface area contributed by atoms with Crippen molar-refractivity contribution in [2.45, 2.75) is 33.6 Å². The molecule has 0 radical (unpaired) electrons. The van der Waals surface area contributed by atoms with Crippen LogP contribution in [0, 0.1) is 5.41 Å². The zero-order chi connectivity index (χ0) is 6.62. The zero-order valence-corrected chi connectivity index (χ0v) is 6.20. The normalized spacial score (nSPS) is 11.2. The minimum absolute atomic E-state index is 0.480. The Hall–Kier alpha value is -0.0651. The Kier molecular flexibility index (Phi) is 3.03. The summed E-state index contributed by atoms with van der Waals surface area (Å²) in [7, 11) is 3.66. The van der Waals surface area contributed by atoms with Gasteiger partial charge in [-0.3, -0.25) is 0 Å². The molecule has 0 aliphatic carbocycles. The summed E-state index contributed by atoms with van der Waals surface area (Å²) in [5, 5.41) is 0. The Labute approximate surface area is 53.4 Å². The summed E-state index contributed by atoms with van der Waals surface area (Å²) < 4.78 is 0. The average molecular weight is 110 g/mol. The summed E-state index contributed by atoms with van der Waals surface area (Å²) >= 11 is 0. The molecule has 0 heterocycles. The van der Waals surface area contributed by atoms with Crippen LogP contribution in [0.25, 0.3) is 0 Å². The van der Waals surface area contributed by atoms with Crippen LogP contribution in [0.4, 0.5) is 0 Å². The Morgan fingerprint density at radius 1 is 1.38 bits per heavy atom. The summed E-state index contributed by atoms with van der Waals surface area (Å²) in [6.45, 7) is 6.74. The molecule has 0 nitrogen and oxygen atoms in total. The first-order chi connectivity index (χ1) is 3.56. The maximum atomic E-state index is 3.66. The quantitative estimate of drug-likeness (QED) is 0.472. The minimum atomic E-state index is 0.480. The third-order valence-electron chi connectivity index (χ3n) is 1.10. The Balaban J connectivity index is 3.24. The van der Waals surface area contributed by atoms with Crippen molar-refractivity contribution in [3.63, 3.8) is 0 Å². The van der Waals surface area contributed by atoms with E-state index in [4.69, 9.17) is 0 Å². The molecule has 0 rings (SSSR count). The van der Waals surface area contributed by atoms with Crippen LogP contribution in [0.15, 0.2) is 0 Å². The molecule has 0 unspecified atom stereocenters. The van der Waals surface area contributed by atoms with Gasteiger partial charge in [0.15, 0.2) is 0 Å². The van der Waals surface area contributed by atoms with Crippen molar-refractivity contribution in [2.75, 3.05) is 0 Å². The molecule has 0 bridgehead atoms. The van der Waals surface area contributed by atoms with Crippen LogP contribution in [-0.2, 0) is 0 Å². The Morgan fingerprint density at radius 2 is 1.88 bits per heavy atom. The van der Waals surface area contributed by atoms with E-state index in [1.54, 1.807) is 0 Å². The molecule has 0 aromatic carbocycles. The summed E-state index contributed by atoms with van der Waals surface area (Å²) in [5.74, 6) is 1.98. The zero-order valence-electron chi connectivity index (χ0n) is 6.20. The second-order valence-electron chi connectivity index (χ2n) is 3.39. The van der Waals surface area contributed by atoms with Crippen molar-refractivity contribution >= 4 is 13.5 Å². The van der Waals surface area contributed by atoms with Crippen molar-refractivity contribution in [2.24, 2.45) is 5.41 Å². The van der Waals surface area contributed by atoms with Gasteiger partial charge >= 0.3 is 52.5 Å². The Morgan fingerprint density at radius 3 is 2.00 bits per heavy atom. The van der Waals surface area contributed by atoms with E-state index in [1.807, 2.05) is 5.97 Å². The monoisotopic (exact) mass is 110 g/mol. The molecule has 0 aliphatic heterocycles. The molecule has 0 amide bonds. The second kappa shape index (κ2) is 3.06. The second-order valence-corrected chi connectivity index (χ2v) is 3.39. The molecule has 0 fully saturated rings. The summed E-state index contributed by atoms with van der Waals surface area (Å²) in [6, 6.07) is 0. The van der Waals surface area contributed by atoms with Gasteiger partial charge in [0.25, 0.3) is 0 Å². The average Bonchev–Trinajstić information content (AvgIpc) is 1.59. The van der Waals surface area contributed by atoms with E-state index in [1.165, 1.54) is 6.42 Å². The van der Waals surface area contributed by atoms with E-state index in [9.17, 15) is 0 Å². The topological polar surface area (TPSA) is 0 Å². The number of hydrogen-bond acceptors (Lipinski definition) is 0. The van der Waals surface area contributed by atoms with Gasteiger partial charge in [-0.2, -0.15) is 0 Å². The van der Waals surface area contributed by atoms with Crippen LogP contribution in [0.2, 0.25) is 0 Å². The fraction of sp³-hybridized carbons (Fsp3) is 0.857. The third kappa shape index (κ3) is 5.93. The molecule has 0 saturated heterocycles. The molecule has 0 atom stereocenters.